The van der Waals surface area contributed by atoms with Gasteiger partial charge in [-0.05, 0) is 36.4 Å². The van der Waals surface area contributed by atoms with E-state index in [9.17, 15) is 5.11 Å². The van der Waals surface area contributed by atoms with Crippen molar-refractivity contribution < 1.29 is 23.7 Å². The van der Waals surface area contributed by atoms with E-state index in [0.29, 0.717) is 66.4 Å². The molecule has 2 aliphatic heterocycles. The van der Waals surface area contributed by atoms with Crippen molar-refractivity contribution in [2.45, 2.75) is 31.8 Å². The highest BCUT2D eigenvalue weighted by Crippen LogP contribution is 2.39. The van der Waals surface area contributed by atoms with Gasteiger partial charge >= 0.3 is 0 Å². The number of hydrogen-bond acceptors (Lipinski definition) is 10. The molecule has 3 aromatic rings. The van der Waals surface area contributed by atoms with Crippen LogP contribution in [-0.2, 0) is 9.47 Å². The lowest BCUT2D eigenvalue weighted by atomic mass is 9.97. The van der Waals surface area contributed by atoms with Gasteiger partial charge in [0.05, 0.1) is 18.4 Å². The highest BCUT2D eigenvalue weighted by Gasteiger charge is 2.27. The first-order valence-corrected chi connectivity index (χ1v) is 11.5. The van der Waals surface area contributed by atoms with Gasteiger partial charge in [0.25, 0.3) is 0 Å². The number of rotatable bonds is 6. The minimum absolute atomic E-state index is 0.00157. The minimum atomic E-state index is -1.07. The molecule has 3 unspecified atom stereocenters. The molecule has 0 saturated carbocycles. The molecule has 1 aromatic carbocycles. The van der Waals surface area contributed by atoms with Crippen molar-refractivity contribution in [3.05, 3.63) is 35.9 Å². The summed E-state index contributed by atoms with van der Waals surface area (Å²) in [6.07, 6.45) is 2.56. The normalized spacial score (nSPS) is 20.6. The molecule has 1 saturated heterocycles. The SMILES string of the molecule is COC1COCCC1NC(O)Nc1cc2cc(-c3cnc4c(c3C)NCCO4)c(F)c(N)c2cn1. The Labute approximate surface area is 202 Å². The lowest BCUT2D eigenvalue weighted by Crippen LogP contribution is -2.53. The predicted molar refractivity (Wildman–Crippen MR) is 131 cm³/mol. The van der Waals surface area contributed by atoms with Gasteiger partial charge in [-0.3, -0.25) is 5.32 Å². The van der Waals surface area contributed by atoms with Crippen molar-refractivity contribution in [2.75, 3.05) is 49.8 Å². The molecule has 1 fully saturated rings. The Morgan fingerprint density at radius 3 is 2.94 bits per heavy atom. The second-order valence-corrected chi connectivity index (χ2v) is 8.65. The molecule has 4 heterocycles. The summed E-state index contributed by atoms with van der Waals surface area (Å²) in [6.45, 7) is 4.12. The van der Waals surface area contributed by atoms with Gasteiger partial charge in [0.1, 0.15) is 18.1 Å². The smallest absolute Gasteiger partial charge is 0.237 e. The summed E-state index contributed by atoms with van der Waals surface area (Å²) >= 11 is 0. The maximum absolute atomic E-state index is 15.4. The molecule has 10 nitrogen and oxygen atoms in total. The number of benzene rings is 1. The average Bonchev–Trinajstić information content (AvgIpc) is 2.87. The fourth-order valence-corrected chi connectivity index (χ4v) is 4.58. The Kier molecular flexibility index (Phi) is 6.56. The second-order valence-electron chi connectivity index (χ2n) is 8.65. The summed E-state index contributed by atoms with van der Waals surface area (Å²) in [5.41, 5.74) is 8.69. The molecule has 0 spiro atoms. The number of methoxy groups -OCH3 is 1. The summed E-state index contributed by atoms with van der Waals surface area (Å²) in [5.74, 6) is 0.378. The number of aliphatic hydroxyl groups is 1. The molecule has 35 heavy (non-hydrogen) atoms. The Morgan fingerprint density at radius 1 is 1.26 bits per heavy atom. The lowest BCUT2D eigenvalue weighted by molar-refractivity contribution is -0.0595. The summed E-state index contributed by atoms with van der Waals surface area (Å²) in [4.78, 5) is 8.66. The first-order valence-electron chi connectivity index (χ1n) is 11.5. The minimum Gasteiger partial charge on any atom is -0.474 e. The van der Waals surface area contributed by atoms with Crippen molar-refractivity contribution in [3.8, 4) is 17.0 Å². The van der Waals surface area contributed by atoms with Crippen LogP contribution in [0.4, 0.5) is 21.6 Å². The van der Waals surface area contributed by atoms with Crippen molar-refractivity contribution in [2.24, 2.45) is 0 Å². The molecule has 5 rings (SSSR count). The molecular weight excluding hydrogens is 455 g/mol. The fourth-order valence-electron chi connectivity index (χ4n) is 4.58. The van der Waals surface area contributed by atoms with E-state index >= 15 is 4.39 Å². The van der Waals surface area contributed by atoms with Gasteiger partial charge in [0, 0.05) is 55.2 Å². The Bertz CT molecular complexity index is 1240. The van der Waals surface area contributed by atoms with E-state index in [-0.39, 0.29) is 17.8 Å². The monoisotopic (exact) mass is 484 g/mol. The van der Waals surface area contributed by atoms with E-state index in [0.717, 1.165) is 11.3 Å². The van der Waals surface area contributed by atoms with E-state index in [4.69, 9.17) is 19.9 Å². The third-order valence-corrected chi connectivity index (χ3v) is 6.50. The topological polar surface area (TPSA) is 136 Å². The first kappa shape index (κ1) is 23.5. The van der Waals surface area contributed by atoms with Crippen molar-refractivity contribution in [3.63, 3.8) is 0 Å². The number of hydrogen-bond donors (Lipinski definition) is 5. The molecule has 0 bridgehead atoms. The zero-order valence-corrected chi connectivity index (χ0v) is 19.6. The van der Waals surface area contributed by atoms with Crippen molar-refractivity contribution in [1.29, 1.82) is 0 Å². The summed E-state index contributed by atoms with van der Waals surface area (Å²) in [7, 11) is 1.61. The summed E-state index contributed by atoms with van der Waals surface area (Å²) in [5, 5.41) is 21.0. The Morgan fingerprint density at radius 2 is 2.11 bits per heavy atom. The number of ether oxygens (including phenoxy) is 3. The highest BCUT2D eigenvalue weighted by atomic mass is 19.1. The van der Waals surface area contributed by atoms with Crippen molar-refractivity contribution in [1.82, 2.24) is 15.3 Å². The molecule has 3 atom stereocenters. The number of pyridine rings is 2. The Balaban J connectivity index is 1.44. The van der Waals surface area contributed by atoms with E-state index < -0.39 is 12.2 Å². The average molecular weight is 485 g/mol. The molecule has 0 aliphatic carbocycles. The van der Waals surface area contributed by atoms with Crippen LogP contribution in [0.15, 0.2) is 24.5 Å². The van der Waals surface area contributed by atoms with Crippen LogP contribution in [0.25, 0.3) is 21.9 Å². The third-order valence-electron chi connectivity index (χ3n) is 6.50. The van der Waals surface area contributed by atoms with Gasteiger partial charge < -0.3 is 35.7 Å². The first-order chi connectivity index (χ1) is 17.0. The van der Waals surface area contributed by atoms with Crippen LogP contribution in [-0.4, -0.2) is 67.0 Å². The van der Waals surface area contributed by atoms with Crippen LogP contribution >= 0.6 is 0 Å². The van der Waals surface area contributed by atoms with Crippen LogP contribution in [0, 0.1) is 12.7 Å². The molecule has 11 heteroatoms. The number of nitrogen functional groups attached to an aromatic ring is 1. The summed E-state index contributed by atoms with van der Waals surface area (Å²) in [6, 6.07) is 3.36. The van der Waals surface area contributed by atoms with Crippen LogP contribution in [0.5, 0.6) is 5.88 Å². The number of nitrogens with one attached hydrogen (secondary N) is 3. The van der Waals surface area contributed by atoms with E-state index in [1.807, 2.05) is 6.92 Å². The third kappa shape index (κ3) is 4.55. The molecule has 186 valence electrons. The van der Waals surface area contributed by atoms with E-state index in [1.165, 1.54) is 6.20 Å². The van der Waals surface area contributed by atoms with Gasteiger partial charge in [-0.15, -0.1) is 0 Å². The molecule has 0 amide bonds. The van der Waals surface area contributed by atoms with Crippen LogP contribution in [0.3, 0.4) is 0 Å². The van der Waals surface area contributed by atoms with Gasteiger partial charge in [0.15, 0.2) is 12.2 Å². The van der Waals surface area contributed by atoms with Crippen molar-refractivity contribution >= 4 is 28.0 Å². The van der Waals surface area contributed by atoms with Gasteiger partial charge in [-0.1, -0.05) is 0 Å². The maximum Gasteiger partial charge on any atom is 0.237 e. The van der Waals surface area contributed by atoms with E-state index in [1.54, 1.807) is 25.4 Å². The lowest BCUT2D eigenvalue weighted by Gasteiger charge is -2.33. The van der Waals surface area contributed by atoms with Crippen LogP contribution < -0.4 is 26.4 Å². The van der Waals surface area contributed by atoms with Gasteiger partial charge in [-0.25, -0.2) is 14.4 Å². The zero-order chi connectivity index (χ0) is 24.5. The maximum atomic E-state index is 15.4. The number of anilines is 3. The predicted octanol–water partition coefficient (Wildman–Crippen LogP) is 2.21. The van der Waals surface area contributed by atoms with Crippen LogP contribution in [0.2, 0.25) is 0 Å². The largest absolute Gasteiger partial charge is 0.474 e. The molecule has 6 N–H and O–H groups in total. The number of nitrogens with zero attached hydrogens (tertiary/aromatic N) is 2. The number of aliphatic hydroxyl groups excluding tert-OH is 1. The highest BCUT2D eigenvalue weighted by molar-refractivity contribution is 5.98. The van der Waals surface area contributed by atoms with Crippen LogP contribution in [0.1, 0.15) is 12.0 Å². The second kappa shape index (κ2) is 9.78. The van der Waals surface area contributed by atoms with E-state index in [2.05, 4.69) is 25.9 Å². The number of nitrogens with two attached hydrogens (primary N) is 1. The number of aromatic nitrogens is 2. The molecule has 0 radical (unpaired) electrons. The zero-order valence-electron chi connectivity index (χ0n) is 19.6. The fraction of sp³-hybridized carbons (Fsp3) is 0.417. The molecule has 2 aromatic heterocycles. The van der Waals surface area contributed by atoms with Gasteiger partial charge in [0.2, 0.25) is 5.88 Å². The van der Waals surface area contributed by atoms with Gasteiger partial charge in [-0.2, -0.15) is 0 Å². The number of fused-ring (bicyclic) bond motifs is 2. The Hall–Kier alpha value is -3.25. The summed E-state index contributed by atoms with van der Waals surface area (Å²) < 4.78 is 31.8. The molecule has 2 aliphatic rings. The number of halogens is 1. The molecular formula is C24H29FN6O4. The quantitative estimate of drug-likeness (QED) is 0.262. The standard InChI is InChI=1S/C24H29FN6O4/c1-12-15(9-29-23-22(12)27-4-6-35-23)14-7-13-8-19(28-10-16(13)21(26)20(14)25)31-24(32)30-17-3-5-34-11-18(17)33-2/h7-10,17-18,24,27,30,32H,3-6,11,26H2,1-2H3,(H,28,31).